The number of Topliss-reactive ketones (excluding diaryl/α,β-unsaturated/α-hetero) is 1. The molecule has 2 aromatic heterocycles. The largest absolute Gasteiger partial charge is 0.501 e. The molecule has 40 heavy (non-hydrogen) atoms. The molecule has 1 aromatic carbocycles. The highest BCUT2D eigenvalue weighted by Crippen LogP contribution is 2.45. The van der Waals surface area contributed by atoms with E-state index < -0.39 is 22.4 Å². The van der Waals surface area contributed by atoms with Crippen molar-refractivity contribution < 1.29 is 19.1 Å². The van der Waals surface area contributed by atoms with E-state index in [1.807, 2.05) is 0 Å². The topological polar surface area (TPSA) is 142 Å². The van der Waals surface area contributed by atoms with Crippen LogP contribution >= 0.6 is 0 Å². The van der Waals surface area contributed by atoms with Gasteiger partial charge in [0.2, 0.25) is 11.7 Å². The van der Waals surface area contributed by atoms with Crippen molar-refractivity contribution in [3.05, 3.63) is 63.2 Å². The van der Waals surface area contributed by atoms with E-state index in [9.17, 15) is 23.9 Å². The number of H-pyrrole nitrogens is 1. The predicted molar refractivity (Wildman–Crippen MR) is 144 cm³/mol. The molecule has 1 amide bonds. The zero-order chi connectivity index (χ0) is 28.2. The minimum Gasteiger partial charge on any atom is -0.501 e. The minimum atomic E-state index is -0.875. The normalized spacial score (nSPS) is 22.4. The van der Waals surface area contributed by atoms with Crippen LogP contribution in [0, 0.1) is 18.7 Å². The fourth-order valence-corrected chi connectivity index (χ4v) is 6.11. The summed E-state index contributed by atoms with van der Waals surface area (Å²) in [4.78, 5) is 51.0. The minimum absolute atomic E-state index is 0.0348. The van der Waals surface area contributed by atoms with Gasteiger partial charge in [0.05, 0.1) is 17.6 Å². The molecule has 0 saturated heterocycles. The van der Waals surface area contributed by atoms with Crippen LogP contribution in [0.2, 0.25) is 0 Å². The second-order valence-corrected chi connectivity index (χ2v) is 11.7. The van der Waals surface area contributed by atoms with Crippen LogP contribution in [0.25, 0.3) is 11.5 Å². The summed E-state index contributed by atoms with van der Waals surface area (Å²) in [5, 5.41) is 17.3. The number of aromatic nitrogens is 4. The summed E-state index contributed by atoms with van der Waals surface area (Å²) in [5.74, 6) is -0.0892. The van der Waals surface area contributed by atoms with E-state index in [2.05, 4.69) is 20.6 Å². The molecule has 10 nitrogen and oxygen atoms in total. The van der Waals surface area contributed by atoms with Crippen molar-refractivity contribution >= 4 is 11.7 Å². The molecular weight excluding hydrogens is 515 g/mol. The number of nitrogens with zero attached hydrogens (tertiary/aromatic N) is 3. The van der Waals surface area contributed by atoms with Gasteiger partial charge in [0.25, 0.3) is 5.56 Å². The molecule has 11 heteroatoms. The first kappa shape index (κ1) is 26.4. The van der Waals surface area contributed by atoms with Gasteiger partial charge >= 0.3 is 0 Å². The molecule has 4 aliphatic rings. The van der Waals surface area contributed by atoms with Crippen molar-refractivity contribution in [2.24, 2.45) is 5.92 Å². The highest BCUT2D eigenvalue weighted by molar-refractivity contribution is 5.91. The van der Waals surface area contributed by atoms with Crippen LogP contribution in [0.15, 0.2) is 29.2 Å². The highest BCUT2D eigenvalue weighted by Gasteiger charge is 2.54. The van der Waals surface area contributed by atoms with E-state index >= 15 is 0 Å². The standard InChI is InChI=1S/C29H33FN6O4/c1-16-11-19(3-4-21(16)30)12-20-14-31-24(33-20)22-23(38)25(39)36-15-18-5-7-28(8-6-18,26(36)34-22)35-27(40)29(9-10-29)32-13-17(2)37/h3-4,11,14,18,32,38H,5-10,12-13,15H2,1-2H3,(H,31,33)(H,35,40). The Labute approximate surface area is 230 Å². The number of rotatable bonds is 8. The maximum atomic E-state index is 13.7. The third kappa shape index (κ3) is 4.61. The zero-order valence-electron chi connectivity index (χ0n) is 22.6. The average Bonchev–Trinajstić information content (AvgIpc) is 3.65. The maximum Gasteiger partial charge on any atom is 0.296 e. The molecule has 7 rings (SSSR count). The fourth-order valence-electron chi connectivity index (χ4n) is 6.11. The first-order chi connectivity index (χ1) is 19.1. The number of carbonyl (C=O) groups excluding carboxylic acids is 2. The van der Waals surface area contributed by atoms with E-state index in [0.717, 1.165) is 18.4 Å². The number of carbonyl (C=O) groups is 2. The number of imidazole rings is 1. The number of nitrogens with one attached hydrogen (secondary N) is 3. The Morgan fingerprint density at radius 2 is 1.98 bits per heavy atom. The molecule has 2 bridgehead atoms. The fraction of sp³-hybridized carbons (Fsp3) is 0.483. The number of fused-ring (bicyclic) bond motifs is 2. The van der Waals surface area contributed by atoms with Gasteiger partial charge in [-0.25, -0.2) is 14.4 Å². The smallest absolute Gasteiger partial charge is 0.296 e. The summed E-state index contributed by atoms with van der Waals surface area (Å²) in [6.07, 6.45) is 6.20. The molecule has 2 aliphatic carbocycles. The SMILES string of the molecule is CC(=O)CNC1(C(=O)NC23CCC(CC2)Cn2c3nc(-c3ncc(Cc4ccc(F)c(C)c4)[nH]3)c(O)c2=O)CC1. The molecule has 2 saturated carbocycles. The summed E-state index contributed by atoms with van der Waals surface area (Å²) >= 11 is 0. The van der Waals surface area contributed by atoms with Crippen LogP contribution < -0.4 is 16.2 Å². The molecule has 4 heterocycles. The Bertz CT molecular complexity index is 1560. The van der Waals surface area contributed by atoms with Gasteiger partial charge in [-0.1, -0.05) is 12.1 Å². The van der Waals surface area contributed by atoms with Crippen LogP contribution in [0.1, 0.15) is 68.1 Å². The molecule has 2 fully saturated rings. The Morgan fingerprint density at radius 1 is 1.23 bits per heavy atom. The van der Waals surface area contributed by atoms with Gasteiger partial charge in [-0.2, -0.15) is 0 Å². The Balaban J connectivity index is 1.35. The van der Waals surface area contributed by atoms with Gasteiger partial charge in [-0.3, -0.25) is 24.3 Å². The number of amides is 1. The molecule has 3 aromatic rings. The van der Waals surface area contributed by atoms with E-state index in [4.69, 9.17) is 4.98 Å². The lowest BCUT2D eigenvalue weighted by Crippen LogP contribution is -2.56. The Morgan fingerprint density at radius 3 is 2.65 bits per heavy atom. The van der Waals surface area contributed by atoms with Crippen molar-refractivity contribution in [2.75, 3.05) is 6.54 Å². The lowest BCUT2D eigenvalue weighted by atomic mass is 9.77. The van der Waals surface area contributed by atoms with Crippen LogP contribution in [0.5, 0.6) is 5.75 Å². The number of hydrogen-bond donors (Lipinski definition) is 4. The van der Waals surface area contributed by atoms with Gasteiger partial charge in [0.1, 0.15) is 17.4 Å². The van der Waals surface area contributed by atoms with E-state index in [-0.39, 0.29) is 41.5 Å². The summed E-state index contributed by atoms with van der Waals surface area (Å²) in [6, 6.07) is 4.89. The van der Waals surface area contributed by atoms with Crippen molar-refractivity contribution in [1.82, 2.24) is 30.2 Å². The monoisotopic (exact) mass is 548 g/mol. The lowest BCUT2D eigenvalue weighted by molar-refractivity contribution is -0.127. The highest BCUT2D eigenvalue weighted by atomic mass is 19.1. The summed E-state index contributed by atoms with van der Waals surface area (Å²) in [7, 11) is 0. The van der Waals surface area contributed by atoms with Crippen molar-refractivity contribution in [1.29, 1.82) is 0 Å². The third-order valence-corrected chi connectivity index (χ3v) is 8.66. The lowest BCUT2D eigenvalue weighted by Gasteiger charge is -2.38. The number of aromatic amines is 1. The van der Waals surface area contributed by atoms with E-state index in [0.29, 0.717) is 55.7 Å². The third-order valence-electron chi connectivity index (χ3n) is 8.66. The maximum absolute atomic E-state index is 13.7. The van der Waals surface area contributed by atoms with Crippen LogP contribution in [-0.4, -0.2) is 48.4 Å². The van der Waals surface area contributed by atoms with E-state index in [1.165, 1.54) is 17.6 Å². The Hall–Kier alpha value is -3.86. The molecule has 0 atom stereocenters. The van der Waals surface area contributed by atoms with Gasteiger partial charge in [0, 0.05) is 24.9 Å². The van der Waals surface area contributed by atoms with Crippen LogP contribution in [0.4, 0.5) is 4.39 Å². The molecule has 0 unspecified atom stereocenters. The number of halogens is 1. The van der Waals surface area contributed by atoms with Crippen molar-refractivity contribution in [3.63, 3.8) is 0 Å². The number of aryl methyl sites for hydroxylation is 1. The van der Waals surface area contributed by atoms with Gasteiger partial charge in [-0.15, -0.1) is 0 Å². The summed E-state index contributed by atoms with van der Waals surface area (Å²) < 4.78 is 15.2. The first-order valence-electron chi connectivity index (χ1n) is 13.8. The molecule has 0 radical (unpaired) electrons. The first-order valence-corrected chi connectivity index (χ1v) is 13.8. The van der Waals surface area contributed by atoms with Gasteiger partial charge in [-0.05, 0) is 75.5 Å². The second kappa shape index (κ2) is 9.65. The van der Waals surface area contributed by atoms with Crippen LogP contribution in [0.3, 0.4) is 0 Å². The predicted octanol–water partition coefficient (Wildman–Crippen LogP) is 2.60. The summed E-state index contributed by atoms with van der Waals surface area (Å²) in [5.41, 5.74) is -0.0405. The Kier molecular flexibility index (Phi) is 6.36. The van der Waals surface area contributed by atoms with Gasteiger partial charge in [0.15, 0.2) is 11.5 Å². The van der Waals surface area contributed by atoms with Crippen LogP contribution in [-0.2, 0) is 28.1 Å². The average molecular weight is 549 g/mol. The second-order valence-electron chi connectivity index (χ2n) is 11.7. The number of ketones is 1. The number of hydrogen-bond acceptors (Lipinski definition) is 7. The number of benzene rings is 1. The molecule has 0 spiro atoms. The van der Waals surface area contributed by atoms with Crippen molar-refractivity contribution in [2.45, 2.75) is 76.4 Å². The van der Waals surface area contributed by atoms with E-state index in [1.54, 1.807) is 25.3 Å². The molecule has 210 valence electrons. The molecule has 2 aliphatic heterocycles. The summed E-state index contributed by atoms with van der Waals surface area (Å²) in [6.45, 7) is 3.73. The quantitative estimate of drug-likeness (QED) is 0.339. The molecule has 4 N–H and O–H groups in total. The van der Waals surface area contributed by atoms with Gasteiger partial charge < -0.3 is 15.4 Å². The molecular formula is C29H33FN6O4. The number of aromatic hydroxyl groups is 1. The zero-order valence-corrected chi connectivity index (χ0v) is 22.6. The van der Waals surface area contributed by atoms with Crippen molar-refractivity contribution in [3.8, 4) is 17.3 Å².